The van der Waals surface area contributed by atoms with E-state index in [9.17, 15) is 4.79 Å². The van der Waals surface area contributed by atoms with Crippen LogP contribution < -0.4 is 9.47 Å². The summed E-state index contributed by atoms with van der Waals surface area (Å²) in [5, 5.41) is 8.61. The standard InChI is InChI=1S/C14H16O4/c1-2-17-12-4-5-13-11(8-12)7-10(9-18-13)3-6-14(15)16/h3-6,8,10H,2,7,9H2,1H3,(H,15,16). The highest BCUT2D eigenvalue weighted by molar-refractivity contribution is 5.79. The van der Waals surface area contributed by atoms with Crippen LogP contribution in [0.25, 0.3) is 0 Å². The molecule has 0 amide bonds. The van der Waals surface area contributed by atoms with Gasteiger partial charge in [-0.3, -0.25) is 0 Å². The van der Waals surface area contributed by atoms with Crippen LogP contribution in [0.15, 0.2) is 30.4 Å². The third-order valence-corrected chi connectivity index (χ3v) is 2.79. The molecule has 1 N–H and O–H groups in total. The summed E-state index contributed by atoms with van der Waals surface area (Å²) in [7, 11) is 0. The fourth-order valence-corrected chi connectivity index (χ4v) is 1.99. The molecule has 0 spiro atoms. The predicted octanol–water partition coefficient (Wildman–Crippen LogP) is 2.28. The van der Waals surface area contributed by atoms with E-state index in [-0.39, 0.29) is 5.92 Å². The number of fused-ring (bicyclic) bond motifs is 1. The van der Waals surface area contributed by atoms with Crippen molar-refractivity contribution < 1.29 is 19.4 Å². The van der Waals surface area contributed by atoms with E-state index in [4.69, 9.17) is 14.6 Å². The van der Waals surface area contributed by atoms with E-state index >= 15 is 0 Å². The molecule has 1 unspecified atom stereocenters. The minimum absolute atomic E-state index is 0.102. The fraction of sp³-hybridized carbons (Fsp3) is 0.357. The van der Waals surface area contributed by atoms with Crippen molar-refractivity contribution in [2.24, 2.45) is 5.92 Å². The highest BCUT2D eigenvalue weighted by atomic mass is 16.5. The Balaban J connectivity index is 2.11. The first-order valence-corrected chi connectivity index (χ1v) is 5.98. The summed E-state index contributed by atoms with van der Waals surface area (Å²) < 4.78 is 11.0. The maximum atomic E-state index is 10.5. The molecule has 4 heteroatoms. The molecule has 0 aromatic heterocycles. The van der Waals surface area contributed by atoms with Crippen LogP contribution in [0.4, 0.5) is 0 Å². The molecule has 1 atom stereocenters. The molecule has 2 rings (SSSR count). The van der Waals surface area contributed by atoms with Crippen molar-refractivity contribution in [1.29, 1.82) is 0 Å². The quantitative estimate of drug-likeness (QED) is 0.830. The largest absolute Gasteiger partial charge is 0.494 e. The van der Waals surface area contributed by atoms with Crippen LogP contribution in [-0.4, -0.2) is 24.3 Å². The molecular formula is C14H16O4. The summed E-state index contributed by atoms with van der Waals surface area (Å²) in [4.78, 5) is 10.5. The number of hydrogen-bond donors (Lipinski definition) is 1. The second-order valence-corrected chi connectivity index (χ2v) is 4.18. The average Bonchev–Trinajstić information content (AvgIpc) is 2.36. The van der Waals surface area contributed by atoms with Gasteiger partial charge in [0.25, 0.3) is 0 Å². The minimum atomic E-state index is -0.927. The topological polar surface area (TPSA) is 55.8 Å². The average molecular weight is 248 g/mol. The lowest BCUT2D eigenvalue weighted by molar-refractivity contribution is -0.131. The maximum absolute atomic E-state index is 10.5. The summed E-state index contributed by atoms with van der Waals surface area (Å²) in [5.41, 5.74) is 1.06. The summed E-state index contributed by atoms with van der Waals surface area (Å²) in [5.74, 6) is 0.857. The lowest BCUT2D eigenvalue weighted by Gasteiger charge is -2.23. The lowest BCUT2D eigenvalue weighted by atomic mass is 9.96. The van der Waals surface area contributed by atoms with Crippen molar-refractivity contribution in [3.8, 4) is 11.5 Å². The van der Waals surface area contributed by atoms with E-state index in [1.807, 2.05) is 25.1 Å². The van der Waals surface area contributed by atoms with Gasteiger partial charge in [-0.15, -0.1) is 0 Å². The highest BCUT2D eigenvalue weighted by Gasteiger charge is 2.18. The zero-order valence-electron chi connectivity index (χ0n) is 10.3. The molecule has 1 aliphatic heterocycles. The SMILES string of the molecule is CCOc1ccc2c(c1)CC(C=CC(=O)O)CO2. The monoisotopic (exact) mass is 248 g/mol. The number of carbonyl (C=O) groups is 1. The third-order valence-electron chi connectivity index (χ3n) is 2.79. The van der Waals surface area contributed by atoms with Crippen LogP contribution in [0.1, 0.15) is 12.5 Å². The zero-order valence-corrected chi connectivity index (χ0v) is 10.3. The Morgan fingerprint density at radius 1 is 1.61 bits per heavy atom. The van der Waals surface area contributed by atoms with Gasteiger partial charge in [0.15, 0.2) is 0 Å². The van der Waals surface area contributed by atoms with E-state index in [2.05, 4.69) is 0 Å². The first-order valence-electron chi connectivity index (χ1n) is 5.98. The zero-order chi connectivity index (χ0) is 13.0. The Hall–Kier alpha value is -1.97. The van der Waals surface area contributed by atoms with Gasteiger partial charge in [-0.05, 0) is 37.1 Å². The molecule has 1 aromatic carbocycles. The highest BCUT2D eigenvalue weighted by Crippen LogP contribution is 2.31. The Morgan fingerprint density at radius 3 is 3.17 bits per heavy atom. The third kappa shape index (κ3) is 3.03. The second-order valence-electron chi connectivity index (χ2n) is 4.18. The summed E-state index contributed by atoms with van der Waals surface area (Å²) in [6.07, 6.45) is 3.63. The van der Waals surface area contributed by atoms with Gasteiger partial charge >= 0.3 is 5.97 Å². The van der Waals surface area contributed by atoms with Crippen molar-refractivity contribution in [2.75, 3.05) is 13.2 Å². The number of carboxylic acid groups (broad SMARTS) is 1. The molecule has 1 heterocycles. The van der Waals surface area contributed by atoms with E-state index < -0.39 is 5.97 Å². The van der Waals surface area contributed by atoms with E-state index in [0.717, 1.165) is 23.5 Å². The Labute approximate surface area is 106 Å². The van der Waals surface area contributed by atoms with Gasteiger partial charge in [0.05, 0.1) is 13.2 Å². The predicted molar refractivity (Wildman–Crippen MR) is 67.1 cm³/mol. The summed E-state index contributed by atoms with van der Waals surface area (Å²) in [6.45, 7) is 3.08. The molecule has 1 aromatic rings. The molecular weight excluding hydrogens is 232 g/mol. The summed E-state index contributed by atoms with van der Waals surface area (Å²) >= 11 is 0. The Bertz CT molecular complexity index is 465. The number of carboxylic acids is 1. The van der Waals surface area contributed by atoms with Crippen molar-refractivity contribution in [2.45, 2.75) is 13.3 Å². The molecule has 0 saturated heterocycles. The molecule has 0 bridgehead atoms. The van der Waals surface area contributed by atoms with Crippen molar-refractivity contribution in [1.82, 2.24) is 0 Å². The number of ether oxygens (including phenoxy) is 2. The van der Waals surface area contributed by atoms with E-state index in [1.165, 1.54) is 6.08 Å². The van der Waals surface area contributed by atoms with Gasteiger partial charge in [0.1, 0.15) is 11.5 Å². The Morgan fingerprint density at radius 2 is 2.44 bits per heavy atom. The first kappa shape index (κ1) is 12.5. The van der Waals surface area contributed by atoms with Crippen LogP contribution in [0.5, 0.6) is 11.5 Å². The van der Waals surface area contributed by atoms with Gasteiger partial charge in [-0.25, -0.2) is 4.79 Å². The molecule has 1 aliphatic rings. The number of rotatable bonds is 4. The lowest BCUT2D eigenvalue weighted by Crippen LogP contribution is -2.19. The number of benzene rings is 1. The van der Waals surface area contributed by atoms with Gasteiger partial charge in [-0.2, -0.15) is 0 Å². The van der Waals surface area contributed by atoms with Crippen LogP contribution in [0, 0.1) is 5.92 Å². The van der Waals surface area contributed by atoms with Crippen LogP contribution >= 0.6 is 0 Å². The minimum Gasteiger partial charge on any atom is -0.494 e. The van der Waals surface area contributed by atoms with Gasteiger partial charge < -0.3 is 14.6 Å². The first-order chi connectivity index (χ1) is 8.69. The van der Waals surface area contributed by atoms with Crippen molar-refractivity contribution >= 4 is 5.97 Å². The summed E-state index contributed by atoms with van der Waals surface area (Å²) in [6, 6.07) is 5.74. The fourth-order valence-electron chi connectivity index (χ4n) is 1.99. The molecule has 96 valence electrons. The normalized spacial score (nSPS) is 18.2. The number of aliphatic carboxylic acids is 1. The van der Waals surface area contributed by atoms with Crippen molar-refractivity contribution in [3.63, 3.8) is 0 Å². The van der Waals surface area contributed by atoms with Crippen LogP contribution in [0.3, 0.4) is 0 Å². The van der Waals surface area contributed by atoms with E-state index in [0.29, 0.717) is 13.2 Å². The van der Waals surface area contributed by atoms with Gasteiger partial charge in [-0.1, -0.05) is 6.08 Å². The van der Waals surface area contributed by atoms with Crippen LogP contribution in [0.2, 0.25) is 0 Å². The van der Waals surface area contributed by atoms with Gasteiger partial charge in [0, 0.05) is 12.0 Å². The maximum Gasteiger partial charge on any atom is 0.327 e. The number of hydrogen-bond acceptors (Lipinski definition) is 3. The molecule has 4 nitrogen and oxygen atoms in total. The Kier molecular flexibility index (Phi) is 3.87. The molecule has 18 heavy (non-hydrogen) atoms. The van der Waals surface area contributed by atoms with E-state index in [1.54, 1.807) is 6.08 Å². The molecule has 0 saturated carbocycles. The van der Waals surface area contributed by atoms with Crippen molar-refractivity contribution in [3.05, 3.63) is 35.9 Å². The second kappa shape index (κ2) is 5.58. The smallest absolute Gasteiger partial charge is 0.327 e. The molecule has 0 aliphatic carbocycles. The van der Waals surface area contributed by atoms with Gasteiger partial charge in [0.2, 0.25) is 0 Å². The van der Waals surface area contributed by atoms with Crippen LogP contribution in [-0.2, 0) is 11.2 Å². The molecule has 0 fully saturated rings. The molecule has 0 radical (unpaired) electrons.